The normalized spacial score (nSPS) is 11.7. The summed E-state index contributed by atoms with van der Waals surface area (Å²) in [6.45, 7) is 0. The van der Waals surface area contributed by atoms with Gasteiger partial charge in [-0.3, -0.25) is 0 Å². The van der Waals surface area contributed by atoms with Gasteiger partial charge < -0.3 is 9.52 Å². The number of hydrogen-bond acceptors (Lipinski definition) is 3. The van der Waals surface area contributed by atoms with E-state index in [9.17, 15) is 22.4 Å². The van der Waals surface area contributed by atoms with Gasteiger partial charge in [-0.1, -0.05) is 0 Å². The summed E-state index contributed by atoms with van der Waals surface area (Å²) >= 11 is 1.68. The molecule has 0 saturated carbocycles. The number of nitrogens with zero attached hydrogens (tertiary/aromatic N) is 1. The number of oxazole rings is 1. The van der Waals surface area contributed by atoms with E-state index in [0.29, 0.717) is 0 Å². The molecule has 2 rings (SSSR count). The van der Waals surface area contributed by atoms with Gasteiger partial charge in [-0.2, -0.15) is 13.2 Å². The lowest BCUT2D eigenvalue weighted by Gasteiger charge is -2.01. The van der Waals surface area contributed by atoms with Crippen molar-refractivity contribution in [3.8, 4) is 11.5 Å². The van der Waals surface area contributed by atoms with Crippen molar-refractivity contribution in [1.82, 2.24) is 4.98 Å². The molecule has 0 aliphatic heterocycles. The first kappa shape index (κ1) is 14.8. The van der Waals surface area contributed by atoms with E-state index in [2.05, 4.69) is 9.40 Å². The van der Waals surface area contributed by atoms with Crippen LogP contribution in [0.3, 0.4) is 0 Å². The molecule has 106 valence electrons. The Labute approximate surface area is 122 Å². The zero-order valence-corrected chi connectivity index (χ0v) is 11.5. The Morgan fingerprint density at radius 2 is 2.00 bits per heavy atom. The molecule has 0 atom stereocenters. The summed E-state index contributed by atoms with van der Waals surface area (Å²) in [5.41, 5.74) is -1.55. The highest BCUT2D eigenvalue weighted by molar-refractivity contribution is 14.1. The highest BCUT2D eigenvalue weighted by Crippen LogP contribution is 2.35. The van der Waals surface area contributed by atoms with E-state index in [1.54, 1.807) is 22.6 Å². The Morgan fingerprint density at radius 1 is 1.35 bits per heavy atom. The maximum Gasteiger partial charge on any atom is 0.437 e. The van der Waals surface area contributed by atoms with Crippen molar-refractivity contribution in [2.45, 2.75) is 6.18 Å². The van der Waals surface area contributed by atoms with E-state index in [1.165, 1.54) is 0 Å². The zero-order chi connectivity index (χ0) is 15.1. The third-order valence-electron chi connectivity index (χ3n) is 2.25. The molecule has 9 heteroatoms. The van der Waals surface area contributed by atoms with Crippen LogP contribution in [0.5, 0.6) is 0 Å². The van der Waals surface area contributed by atoms with Crippen molar-refractivity contribution in [3.05, 3.63) is 39.0 Å². The molecule has 0 amide bonds. The highest BCUT2D eigenvalue weighted by atomic mass is 127. The van der Waals surface area contributed by atoms with Crippen molar-refractivity contribution in [3.63, 3.8) is 0 Å². The fraction of sp³-hybridized carbons (Fsp3) is 0.0909. The Balaban J connectivity index is 2.62. The molecule has 20 heavy (non-hydrogen) atoms. The van der Waals surface area contributed by atoms with E-state index in [1.807, 2.05) is 0 Å². The average Bonchev–Trinajstić information content (AvgIpc) is 2.73. The number of benzene rings is 1. The molecular formula is C11H4F4INO3. The first-order valence-corrected chi connectivity index (χ1v) is 6.04. The number of hydrogen-bond donors (Lipinski definition) is 1. The van der Waals surface area contributed by atoms with Crippen molar-refractivity contribution in [1.29, 1.82) is 0 Å². The van der Waals surface area contributed by atoms with Gasteiger partial charge >= 0.3 is 12.1 Å². The second-order valence-electron chi connectivity index (χ2n) is 3.62. The Bertz CT molecular complexity index is 681. The molecule has 1 aromatic heterocycles. The standard InChI is InChI=1S/C11H4F4INO3/c12-4-1-2-5(6(16)3-4)9-17-8(11(13,14)15)7(20-9)10(18)19/h1-3H,(H,18,19). The molecule has 0 spiro atoms. The molecule has 0 aliphatic rings. The molecular weight excluding hydrogens is 397 g/mol. The fourth-order valence-corrected chi connectivity index (χ4v) is 2.14. The van der Waals surface area contributed by atoms with Crippen molar-refractivity contribution in [2.24, 2.45) is 0 Å². The predicted molar refractivity (Wildman–Crippen MR) is 66.6 cm³/mol. The molecule has 2 aromatic rings. The summed E-state index contributed by atoms with van der Waals surface area (Å²) < 4.78 is 55.8. The Hall–Kier alpha value is -1.65. The molecule has 0 radical (unpaired) electrons. The minimum Gasteiger partial charge on any atom is -0.475 e. The number of aromatic carboxylic acids is 1. The lowest BCUT2D eigenvalue weighted by Crippen LogP contribution is -2.11. The molecule has 1 aromatic carbocycles. The predicted octanol–water partition coefficient (Wildman–Crippen LogP) is 3.80. The lowest BCUT2D eigenvalue weighted by atomic mass is 10.2. The minimum atomic E-state index is -4.96. The van der Waals surface area contributed by atoms with E-state index >= 15 is 0 Å². The van der Waals surface area contributed by atoms with Crippen LogP contribution in [0.15, 0.2) is 22.6 Å². The largest absolute Gasteiger partial charge is 0.475 e. The summed E-state index contributed by atoms with van der Waals surface area (Å²) in [5.74, 6) is -4.29. The van der Waals surface area contributed by atoms with Gasteiger partial charge in [-0.05, 0) is 40.8 Å². The number of carbonyl (C=O) groups is 1. The molecule has 0 bridgehead atoms. The van der Waals surface area contributed by atoms with Crippen LogP contribution >= 0.6 is 22.6 Å². The quantitative estimate of drug-likeness (QED) is 0.615. The number of carboxylic acid groups (broad SMARTS) is 1. The van der Waals surface area contributed by atoms with Gasteiger partial charge in [0.1, 0.15) is 5.82 Å². The number of halogens is 5. The van der Waals surface area contributed by atoms with E-state index in [-0.39, 0.29) is 9.13 Å². The third kappa shape index (κ3) is 2.76. The SMILES string of the molecule is O=C(O)c1oc(-c2ccc(F)cc2I)nc1C(F)(F)F. The van der Waals surface area contributed by atoms with Crippen molar-refractivity contribution in [2.75, 3.05) is 0 Å². The van der Waals surface area contributed by atoms with Crippen LogP contribution in [-0.4, -0.2) is 16.1 Å². The smallest absolute Gasteiger partial charge is 0.437 e. The van der Waals surface area contributed by atoms with Gasteiger partial charge in [-0.25, -0.2) is 14.2 Å². The number of alkyl halides is 3. The minimum absolute atomic E-state index is 0.0741. The van der Waals surface area contributed by atoms with Gasteiger partial charge in [0.2, 0.25) is 11.7 Å². The first-order chi connectivity index (χ1) is 9.20. The fourth-order valence-electron chi connectivity index (χ4n) is 1.44. The van der Waals surface area contributed by atoms with Crippen LogP contribution in [0, 0.1) is 9.39 Å². The third-order valence-corrected chi connectivity index (χ3v) is 3.14. The molecule has 1 heterocycles. The summed E-state index contributed by atoms with van der Waals surface area (Å²) in [7, 11) is 0. The topological polar surface area (TPSA) is 63.3 Å². The van der Waals surface area contributed by atoms with Gasteiger partial charge in [0.05, 0.1) is 5.56 Å². The second-order valence-corrected chi connectivity index (χ2v) is 4.79. The van der Waals surface area contributed by atoms with E-state index in [4.69, 9.17) is 5.11 Å². The van der Waals surface area contributed by atoms with Crippen LogP contribution in [0.1, 0.15) is 16.2 Å². The maximum absolute atomic E-state index is 12.9. The summed E-state index contributed by atoms with van der Waals surface area (Å²) in [5, 5.41) is 8.71. The van der Waals surface area contributed by atoms with E-state index in [0.717, 1.165) is 18.2 Å². The Morgan fingerprint density at radius 3 is 2.45 bits per heavy atom. The van der Waals surface area contributed by atoms with Gasteiger partial charge in [0, 0.05) is 3.57 Å². The maximum atomic E-state index is 12.9. The number of aromatic nitrogens is 1. The lowest BCUT2D eigenvalue weighted by molar-refractivity contribution is -0.141. The van der Waals surface area contributed by atoms with Crippen LogP contribution in [0.4, 0.5) is 17.6 Å². The monoisotopic (exact) mass is 401 g/mol. The van der Waals surface area contributed by atoms with Crippen LogP contribution in [0.25, 0.3) is 11.5 Å². The molecule has 4 nitrogen and oxygen atoms in total. The van der Waals surface area contributed by atoms with Gasteiger partial charge in [0.15, 0.2) is 5.69 Å². The van der Waals surface area contributed by atoms with E-state index < -0.39 is 35.3 Å². The molecule has 0 saturated heterocycles. The number of carboxylic acids is 1. The van der Waals surface area contributed by atoms with Gasteiger partial charge in [-0.15, -0.1) is 0 Å². The van der Waals surface area contributed by atoms with Crippen LogP contribution < -0.4 is 0 Å². The van der Waals surface area contributed by atoms with Crippen molar-refractivity contribution >= 4 is 28.6 Å². The summed E-state index contributed by atoms with van der Waals surface area (Å²) in [6, 6.07) is 3.23. The molecule has 0 unspecified atom stereocenters. The summed E-state index contributed by atoms with van der Waals surface area (Å²) in [6.07, 6.45) is -4.96. The second kappa shape index (κ2) is 5.04. The molecule has 0 fully saturated rings. The summed E-state index contributed by atoms with van der Waals surface area (Å²) in [4.78, 5) is 13.9. The van der Waals surface area contributed by atoms with Crippen molar-refractivity contribution < 1.29 is 31.9 Å². The van der Waals surface area contributed by atoms with Crippen LogP contribution in [-0.2, 0) is 6.18 Å². The number of rotatable bonds is 2. The molecule has 1 N–H and O–H groups in total. The van der Waals surface area contributed by atoms with Gasteiger partial charge in [0.25, 0.3) is 0 Å². The average molecular weight is 401 g/mol. The van der Waals surface area contributed by atoms with Crippen LogP contribution in [0.2, 0.25) is 0 Å². The zero-order valence-electron chi connectivity index (χ0n) is 9.33. The highest BCUT2D eigenvalue weighted by Gasteiger charge is 2.41. The molecule has 0 aliphatic carbocycles. The Kier molecular flexibility index (Phi) is 3.71. The first-order valence-electron chi connectivity index (χ1n) is 4.97.